The van der Waals surface area contributed by atoms with Crippen LogP contribution < -0.4 is 14.4 Å². The first-order valence-corrected chi connectivity index (χ1v) is 14.5. The predicted octanol–water partition coefficient (Wildman–Crippen LogP) is 4.67. The lowest BCUT2D eigenvalue weighted by molar-refractivity contribution is -0.139. The molecule has 40 heavy (non-hydrogen) atoms. The van der Waals surface area contributed by atoms with Gasteiger partial charge in [-0.25, -0.2) is 12.8 Å². The number of aryl methyl sites for hydroxylation is 1. The number of nitrogens with one attached hydrogen (secondary N) is 1. The summed E-state index contributed by atoms with van der Waals surface area (Å²) in [6, 6.07) is 17.2. The molecule has 3 aromatic rings. The molecule has 0 saturated heterocycles. The Morgan fingerprint density at radius 3 is 2.08 bits per heavy atom. The van der Waals surface area contributed by atoms with Crippen LogP contribution in [0.25, 0.3) is 0 Å². The molecule has 0 aliphatic rings. The monoisotopic (exact) mass is 569 g/mol. The standard InChI is InChI=1S/C30H36FN3O5S/c1-6-39-27-15-13-26(14-16-27)34(40(37,38)28-17-11-25(31)12-18-28)20-29(35)33(23(5)30(36)32-21(2)3)19-24-9-7-22(4)8-10-24/h7-18,21,23H,6,19-20H2,1-5H3,(H,32,36). The van der Waals surface area contributed by atoms with Crippen LogP contribution >= 0.6 is 0 Å². The fourth-order valence-corrected chi connectivity index (χ4v) is 5.43. The van der Waals surface area contributed by atoms with Gasteiger partial charge in [0, 0.05) is 12.6 Å². The van der Waals surface area contributed by atoms with E-state index in [1.54, 1.807) is 31.2 Å². The summed E-state index contributed by atoms with van der Waals surface area (Å²) in [6.07, 6.45) is 0. The number of amides is 2. The van der Waals surface area contributed by atoms with Gasteiger partial charge in [-0.15, -0.1) is 0 Å². The number of carbonyl (C=O) groups is 2. The van der Waals surface area contributed by atoms with Crippen LogP contribution in [0.4, 0.5) is 10.1 Å². The highest BCUT2D eigenvalue weighted by Crippen LogP contribution is 2.27. The summed E-state index contributed by atoms with van der Waals surface area (Å²) in [6.45, 7) is 8.97. The highest BCUT2D eigenvalue weighted by molar-refractivity contribution is 7.92. The van der Waals surface area contributed by atoms with Crippen LogP contribution in [0, 0.1) is 12.7 Å². The van der Waals surface area contributed by atoms with Crippen LogP contribution in [0.1, 0.15) is 38.8 Å². The second-order valence-corrected chi connectivity index (χ2v) is 11.6. The molecule has 0 bridgehead atoms. The number of ether oxygens (including phenoxy) is 1. The molecular formula is C30H36FN3O5S. The average molecular weight is 570 g/mol. The van der Waals surface area contributed by atoms with E-state index in [-0.39, 0.29) is 29.1 Å². The maximum atomic E-state index is 13.9. The fourth-order valence-electron chi connectivity index (χ4n) is 4.02. The molecule has 0 aliphatic carbocycles. The summed E-state index contributed by atoms with van der Waals surface area (Å²) in [5, 5.41) is 2.82. The van der Waals surface area contributed by atoms with Crippen molar-refractivity contribution in [2.24, 2.45) is 0 Å². The van der Waals surface area contributed by atoms with E-state index < -0.39 is 34.3 Å². The zero-order chi connectivity index (χ0) is 29.4. The van der Waals surface area contributed by atoms with Crippen molar-refractivity contribution in [2.75, 3.05) is 17.5 Å². The van der Waals surface area contributed by atoms with E-state index in [4.69, 9.17) is 4.74 Å². The van der Waals surface area contributed by atoms with Gasteiger partial charge in [-0.3, -0.25) is 13.9 Å². The van der Waals surface area contributed by atoms with Gasteiger partial charge in [0.15, 0.2) is 0 Å². The van der Waals surface area contributed by atoms with Gasteiger partial charge >= 0.3 is 0 Å². The van der Waals surface area contributed by atoms with E-state index in [0.717, 1.165) is 39.7 Å². The van der Waals surface area contributed by atoms with Crippen LogP contribution in [0.3, 0.4) is 0 Å². The minimum atomic E-state index is -4.29. The van der Waals surface area contributed by atoms with Crippen LogP contribution in [0.2, 0.25) is 0 Å². The van der Waals surface area contributed by atoms with Crippen molar-refractivity contribution in [1.82, 2.24) is 10.2 Å². The molecular weight excluding hydrogens is 533 g/mol. The number of rotatable bonds is 12. The van der Waals surface area contributed by atoms with E-state index in [9.17, 15) is 22.4 Å². The summed E-state index contributed by atoms with van der Waals surface area (Å²) in [7, 11) is -4.29. The quantitative estimate of drug-likeness (QED) is 0.342. The van der Waals surface area contributed by atoms with Crippen LogP contribution in [0.15, 0.2) is 77.7 Å². The summed E-state index contributed by atoms with van der Waals surface area (Å²) >= 11 is 0. The molecule has 0 saturated carbocycles. The smallest absolute Gasteiger partial charge is 0.264 e. The number of hydrogen-bond donors (Lipinski definition) is 1. The summed E-state index contributed by atoms with van der Waals surface area (Å²) in [5.41, 5.74) is 2.05. The Kier molecular flexibility index (Phi) is 10.3. The molecule has 1 unspecified atom stereocenters. The zero-order valence-corrected chi connectivity index (χ0v) is 24.2. The number of halogens is 1. The van der Waals surface area contributed by atoms with Gasteiger partial charge in [0.25, 0.3) is 10.0 Å². The maximum absolute atomic E-state index is 13.9. The number of hydrogen-bond acceptors (Lipinski definition) is 5. The molecule has 8 nitrogen and oxygen atoms in total. The van der Waals surface area contributed by atoms with Gasteiger partial charge in [0.1, 0.15) is 24.2 Å². The van der Waals surface area contributed by atoms with Crippen molar-refractivity contribution >= 4 is 27.5 Å². The number of benzene rings is 3. The molecule has 10 heteroatoms. The van der Waals surface area contributed by atoms with Crippen molar-refractivity contribution in [3.63, 3.8) is 0 Å². The lowest BCUT2D eigenvalue weighted by atomic mass is 10.1. The number of anilines is 1. The van der Waals surface area contributed by atoms with Crippen LogP contribution in [-0.2, 0) is 26.2 Å². The molecule has 3 rings (SSSR count). The highest BCUT2D eigenvalue weighted by atomic mass is 32.2. The summed E-state index contributed by atoms with van der Waals surface area (Å²) in [4.78, 5) is 28.0. The zero-order valence-electron chi connectivity index (χ0n) is 23.4. The van der Waals surface area contributed by atoms with Crippen molar-refractivity contribution in [1.29, 1.82) is 0 Å². The topological polar surface area (TPSA) is 96.0 Å². The largest absolute Gasteiger partial charge is 0.494 e. The van der Waals surface area contributed by atoms with E-state index in [2.05, 4.69) is 5.32 Å². The molecule has 0 aliphatic heterocycles. The van der Waals surface area contributed by atoms with Gasteiger partial charge in [0.05, 0.1) is 17.2 Å². The van der Waals surface area contributed by atoms with Crippen molar-refractivity contribution in [3.8, 4) is 5.75 Å². The van der Waals surface area contributed by atoms with Gasteiger partial charge in [0.2, 0.25) is 11.8 Å². The fraction of sp³-hybridized carbons (Fsp3) is 0.333. The molecule has 0 aromatic heterocycles. The lowest BCUT2D eigenvalue weighted by Gasteiger charge is -2.32. The first-order valence-electron chi connectivity index (χ1n) is 13.1. The molecule has 0 fully saturated rings. The molecule has 0 radical (unpaired) electrons. The van der Waals surface area contributed by atoms with Gasteiger partial charge < -0.3 is 15.0 Å². The lowest BCUT2D eigenvalue weighted by Crippen LogP contribution is -2.52. The van der Waals surface area contributed by atoms with Gasteiger partial charge in [-0.1, -0.05) is 29.8 Å². The van der Waals surface area contributed by atoms with E-state index in [0.29, 0.717) is 12.4 Å². The van der Waals surface area contributed by atoms with E-state index in [1.807, 2.05) is 52.0 Å². The molecule has 1 N–H and O–H groups in total. The Morgan fingerprint density at radius 1 is 0.925 bits per heavy atom. The van der Waals surface area contributed by atoms with Crippen molar-refractivity contribution < 1.29 is 27.1 Å². The predicted molar refractivity (Wildman–Crippen MR) is 153 cm³/mol. The Bertz CT molecular complexity index is 1390. The Hall–Kier alpha value is -3.92. The molecule has 214 valence electrons. The first kappa shape index (κ1) is 30.6. The molecule has 0 spiro atoms. The Balaban J connectivity index is 2.02. The normalized spacial score (nSPS) is 12.1. The number of nitrogens with zero attached hydrogens (tertiary/aromatic N) is 2. The van der Waals surface area contributed by atoms with E-state index >= 15 is 0 Å². The Labute approximate surface area is 235 Å². The second-order valence-electron chi connectivity index (χ2n) is 9.74. The third-order valence-electron chi connectivity index (χ3n) is 6.19. The maximum Gasteiger partial charge on any atom is 0.264 e. The highest BCUT2D eigenvalue weighted by Gasteiger charge is 2.32. The van der Waals surface area contributed by atoms with Crippen LogP contribution in [0.5, 0.6) is 5.75 Å². The van der Waals surface area contributed by atoms with Gasteiger partial charge in [-0.05, 0) is 88.7 Å². The molecule has 1 atom stereocenters. The summed E-state index contributed by atoms with van der Waals surface area (Å²) in [5.74, 6) is -0.982. The second kappa shape index (κ2) is 13.4. The molecule has 0 heterocycles. The minimum absolute atomic E-state index is 0.0967. The Morgan fingerprint density at radius 2 is 1.52 bits per heavy atom. The SMILES string of the molecule is CCOc1ccc(N(CC(=O)N(Cc2ccc(C)cc2)C(C)C(=O)NC(C)C)S(=O)(=O)c2ccc(F)cc2)cc1. The number of carbonyl (C=O) groups excluding carboxylic acids is 2. The molecule has 2 amide bonds. The summed E-state index contributed by atoms with van der Waals surface area (Å²) < 4.78 is 47.6. The molecule has 3 aromatic carbocycles. The third kappa shape index (κ3) is 7.81. The number of sulfonamides is 1. The van der Waals surface area contributed by atoms with Crippen LogP contribution in [-0.4, -0.2) is 50.4 Å². The average Bonchev–Trinajstić information content (AvgIpc) is 2.91. The van der Waals surface area contributed by atoms with Crippen molar-refractivity contribution in [3.05, 3.63) is 89.7 Å². The van der Waals surface area contributed by atoms with E-state index in [1.165, 1.54) is 4.90 Å². The third-order valence-corrected chi connectivity index (χ3v) is 7.98. The van der Waals surface area contributed by atoms with Crippen molar-refractivity contribution in [2.45, 2.75) is 58.1 Å². The first-order chi connectivity index (χ1) is 18.9. The minimum Gasteiger partial charge on any atom is -0.494 e. The van der Waals surface area contributed by atoms with Gasteiger partial charge in [-0.2, -0.15) is 0 Å².